The molecule has 1 aliphatic rings. The molecule has 0 amide bonds. The Labute approximate surface area is 116 Å². The first-order valence-corrected chi connectivity index (χ1v) is 7.19. The van der Waals surface area contributed by atoms with Crippen molar-refractivity contribution in [1.82, 2.24) is 10.2 Å². The number of anilines is 2. The van der Waals surface area contributed by atoms with Gasteiger partial charge in [-0.15, -0.1) is 10.2 Å². The number of nitrogen functional groups attached to an aromatic ring is 1. The van der Waals surface area contributed by atoms with Crippen LogP contribution in [0.1, 0.15) is 17.5 Å². The molecule has 1 aromatic heterocycles. The van der Waals surface area contributed by atoms with Crippen molar-refractivity contribution in [2.75, 3.05) is 16.9 Å². The lowest BCUT2D eigenvalue weighted by molar-refractivity contribution is 0.529. The summed E-state index contributed by atoms with van der Waals surface area (Å²) < 4.78 is 0. The van der Waals surface area contributed by atoms with Gasteiger partial charge in [0.25, 0.3) is 0 Å². The van der Waals surface area contributed by atoms with Crippen molar-refractivity contribution in [2.24, 2.45) is 11.8 Å². The van der Waals surface area contributed by atoms with Crippen molar-refractivity contribution in [2.45, 2.75) is 19.9 Å². The van der Waals surface area contributed by atoms with Crippen molar-refractivity contribution < 1.29 is 0 Å². The predicted octanol–water partition coefficient (Wildman–Crippen LogP) is 2.02. The van der Waals surface area contributed by atoms with Gasteiger partial charge in [0, 0.05) is 12.2 Å². The van der Waals surface area contributed by atoms with Gasteiger partial charge >= 0.3 is 0 Å². The van der Waals surface area contributed by atoms with E-state index in [1.165, 1.54) is 22.6 Å². The Balaban J connectivity index is 1.84. The molecule has 1 aliphatic heterocycles. The highest BCUT2D eigenvalue weighted by Gasteiger charge is 2.22. The van der Waals surface area contributed by atoms with E-state index in [1.807, 2.05) is 0 Å². The maximum Gasteiger partial charge on any atom is 0.219 e. The van der Waals surface area contributed by atoms with Gasteiger partial charge in [0.05, 0.1) is 6.54 Å². The summed E-state index contributed by atoms with van der Waals surface area (Å²) in [5.41, 5.74) is 5.28. The largest absolute Gasteiger partial charge is 0.364 e. The van der Waals surface area contributed by atoms with Gasteiger partial charge in [-0.05, 0) is 24.0 Å². The highest BCUT2D eigenvalue weighted by Crippen LogP contribution is 2.31. The van der Waals surface area contributed by atoms with Crippen LogP contribution in [0.5, 0.6) is 0 Å². The molecule has 0 spiro atoms. The van der Waals surface area contributed by atoms with E-state index in [0.717, 1.165) is 24.5 Å². The average molecular weight is 275 g/mol. The minimum atomic E-state index is 0.661. The Morgan fingerprint density at radius 2 is 2.26 bits per heavy atom. The van der Waals surface area contributed by atoms with Gasteiger partial charge in [0.2, 0.25) is 5.13 Å². The highest BCUT2D eigenvalue weighted by atomic mass is 32.1. The van der Waals surface area contributed by atoms with E-state index in [4.69, 9.17) is 5.84 Å². The summed E-state index contributed by atoms with van der Waals surface area (Å²) in [5, 5.41) is 9.79. The molecule has 0 bridgehead atoms. The van der Waals surface area contributed by atoms with Crippen LogP contribution in [0, 0.1) is 5.92 Å². The molecule has 5 nitrogen and oxygen atoms in total. The third kappa shape index (κ3) is 2.54. The number of rotatable bonds is 3. The van der Waals surface area contributed by atoms with E-state index < -0.39 is 0 Å². The number of nitrogens with one attached hydrogen (secondary N) is 1. The number of hydrogen-bond donors (Lipinski definition) is 2. The second-order valence-corrected chi connectivity index (χ2v) is 6.03. The van der Waals surface area contributed by atoms with Crippen LogP contribution in [0.3, 0.4) is 0 Å². The third-order valence-corrected chi connectivity index (χ3v) is 4.19. The van der Waals surface area contributed by atoms with Gasteiger partial charge < -0.3 is 4.90 Å². The second-order valence-electron chi connectivity index (χ2n) is 4.96. The molecule has 2 heterocycles. The van der Waals surface area contributed by atoms with Crippen molar-refractivity contribution >= 4 is 22.2 Å². The van der Waals surface area contributed by atoms with E-state index in [1.54, 1.807) is 0 Å². The fraction of sp³-hybridized carbons (Fsp3) is 0.385. The maximum absolute atomic E-state index is 5.34. The Kier molecular flexibility index (Phi) is 3.35. The molecule has 100 valence electrons. The van der Waals surface area contributed by atoms with E-state index in [9.17, 15) is 0 Å². The number of nitrogens with zero attached hydrogens (tertiary/aromatic N) is 3. The number of hydrazine groups is 1. The van der Waals surface area contributed by atoms with Crippen LogP contribution in [0.4, 0.5) is 10.8 Å². The smallest absolute Gasteiger partial charge is 0.219 e. The lowest BCUT2D eigenvalue weighted by Gasteiger charge is -2.34. The Morgan fingerprint density at radius 3 is 3.05 bits per heavy atom. The standard InChI is InChI=1S/C13H17N5S/c1-9-6-10-4-2-3-5-11(10)18(7-9)8-12-16-17-13(15-14)19-12/h2-5,9H,6-8,14H2,1H3,(H,15,17). The molecule has 0 radical (unpaired) electrons. The van der Waals surface area contributed by atoms with Gasteiger partial charge in [0.15, 0.2) is 0 Å². The summed E-state index contributed by atoms with van der Waals surface area (Å²) in [4.78, 5) is 2.38. The van der Waals surface area contributed by atoms with E-state index in [-0.39, 0.29) is 0 Å². The number of fused-ring (bicyclic) bond motifs is 1. The molecule has 6 heteroatoms. The molecule has 1 aromatic carbocycles. The third-order valence-electron chi connectivity index (χ3n) is 3.35. The van der Waals surface area contributed by atoms with Crippen molar-refractivity contribution in [3.8, 4) is 0 Å². The first-order chi connectivity index (χ1) is 9.26. The number of nitrogens with two attached hydrogens (primary N) is 1. The van der Waals surface area contributed by atoms with Gasteiger partial charge in [-0.1, -0.05) is 36.5 Å². The molecule has 3 rings (SSSR count). The fourth-order valence-electron chi connectivity index (χ4n) is 2.60. The highest BCUT2D eigenvalue weighted by molar-refractivity contribution is 7.15. The predicted molar refractivity (Wildman–Crippen MR) is 78.1 cm³/mol. The van der Waals surface area contributed by atoms with Gasteiger partial charge in [-0.2, -0.15) is 0 Å². The summed E-state index contributed by atoms with van der Waals surface area (Å²) in [6.45, 7) is 4.14. The van der Waals surface area contributed by atoms with E-state index in [2.05, 4.69) is 51.7 Å². The van der Waals surface area contributed by atoms with Gasteiger partial charge in [-0.25, -0.2) is 5.84 Å². The summed E-state index contributed by atoms with van der Waals surface area (Å²) in [5.74, 6) is 6.00. The molecule has 1 unspecified atom stereocenters. The number of benzene rings is 1. The summed E-state index contributed by atoms with van der Waals surface area (Å²) in [6, 6.07) is 8.60. The van der Waals surface area contributed by atoms with Gasteiger partial charge in [0.1, 0.15) is 5.01 Å². The zero-order valence-corrected chi connectivity index (χ0v) is 11.7. The number of para-hydroxylation sites is 1. The SMILES string of the molecule is CC1Cc2ccccc2N(Cc2nnc(NN)s2)C1. The summed E-state index contributed by atoms with van der Waals surface area (Å²) in [7, 11) is 0. The number of aromatic nitrogens is 2. The van der Waals surface area contributed by atoms with Crippen LogP contribution >= 0.6 is 11.3 Å². The van der Waals surface area contributed by atoms with E-state index in [0.29, 0.717) is 11.0 Å². The minimum absolute atomic E-state index is 0.661. The van der Waals surface area contributed by atoms with Crippen LogP contribution in [-0.2, 0) is 13.0 Å². The molecule has 19 heavy (non-hydrogen) atoms. The normalized spacial score (nSPS) is 18.2. The zero-order valence-electron chi connectivity index (χ0n) is 10.8. The van der Waals surface area contributed by atoms with Crippen LogP contribution in [0.15, 0.2) is 24.3 Å². The molecule has 3 N–H and O–H groups in total. The molecular formula is C13H17N5S. The Morgan fingerprint density at radius 1 is 1.42 bits per heavy atom. The summed E-state index contributed by atoms with van der Waals surface area (Å²) in [6.07, 6.45) is 1.15. The quantitative estimate of drug-likeness (QED) is 0.662. The van der Waals surface area contributed by atoms with Crippen LogP contribution in [0.25, 0.3) is 0 Å². The average Bonchev–Trinajstić information content (AvgIpc) is 2.86. The fourth-order valence-corrected chi connectivity index (χ4v) is 3.26. The monoisotopic (exact) mass is 275 g/mol. The molecule has 0 aliphatic carbocycles. The van der Waals surface area contributed by atoms with Gasteiger partial charge in [-0.3, -0.25) is 5.43 Å². The molecule has 0 saturated carbocycles. The lowest BCUT2D eigenvalue weighted by atomic mass is 9.94. The first kappa shape index (κ1) is 12.4. The first-order valence-electron chi connectivity index (χ1n) is 6.38. The maximum atomic E-state index is 5.34. The van der Waals surface area contributed by atoms with Crippen molar-refractivity contribution in [1.29, 1.82) is 0 Å². The molecule has 1 atom stereocenters. The van der Waals surface area contributed by atoms with Crippen LogP contribution < -0.4 is 16.2 Å². The molecular weight excluding hydrogens is 258 g/mol. The van der Waals surface area contributed by atoms with Crippen LogP contribution in [0.2, 0.25) is 0 Å². The Bertz CT molecular complexity index is 568. The molecule has 2 aromatic rings. The molecule has 0 saturated heterocycles. The minimum Gasteiger partial charge on any atom is -0.364 e. The zero-order chi connectivity index (χ0) is 13.2. The van der Waals surface area contributed by atoms with Crippen LogP contribution in [-0.4, -0.2) is 16.7 Å². The molecule has 0 fully saturated rings. The number of hydrogen-bond acceptors (Lipinski definition) is 6. The van der Waals surface area contributed by atoms with Crippen molar-refractivity contribution in [3.05, 3.63) is 34.8 Å². The summed E-state index contributed by atoms with van der Waals surface area (Å²) >= 11 is 1.50. The topological polar surface area (TPSA) is 67.1 Å². The Hall–Kier alpha value is -1.66. The van der Waals surface area contributed by atoms with E-state index >= 15 is 0 Å². The lowest BCUT2D eigenvalue weighted by Crippen LogP contribution is -2.33. The second kappa shape index (κ2) is 5.14. The van der Waals surface area contributed by atoms with Crippen molar-refractivity contribution in [3.63, 3.8) is 0 Å².